The lowest BCUT2D eigenvalue weighted by atomic mass is 10.1. The number of carbonyl (C=O) groups excluding carboxylic acids is 2. The van der Waals surface area contributed by atoms with Gasteiger partial charge in [0.25, 0.3) is 11.7 Å². The molecule has 0 saturated carbocycles. The molecule has 96 valence electrons. The van der Waals surface area contributed by atoms with E-state index in [2.05, 4.69) is 10.1 Å². The number of nitrogens with zero attached hydrogens (tertiary/aromatic N) is 4. The first kappa shape index (κ1) is 11.5. The Kier molecular flexibility index (Phi) is 2.41. The average Bonchev–Trinajstić information content (AvgIpc) is 2.89. The van der Waals surface area contributed by atoms with Gasteiger partial charge in [-0.3, -0.25) is 19.2 Å². The van der Waals surface area contributed by atoms with E-state index in [1.807, 2.05) is 0 Å². The van der Waals surface area contributed by atoms with Crippen molar-refractivity contribution in [1.82, 2.24) is 14.8 Å². The number of fused-ring (bicyclic) bond motifs is 1. The zero-order chi connectivity index (χ0) is 13.6. The van der Waals surface area contributed by atoms with E-state index in [1.54, 1.807) is 7.05 Å². The summed E-state index contributed by atoms with van der Waals surface area (Å²) in [4.78, 5) is 28.7. The highest BCUT2D eigenvalue weighted by Crippen LogP contribution is 2.32. The fraction of sp³-hybridized carbons (Fsp3) is 0.167. The molecule has 1 aromatic heterocycles. The van der Waals surface area contributed by atoms with Gasteiger partial charge in [0.15, 0.2) is 0 Å². The topological polar surface area (TPSA) is 68.1 Å². The number of hydrogen-bond acceptors (Lipinski definition) is 4. The molecule has 0 aliphatic carbocycles. The summed E-state index contributed by atoms with van der Waals surface area (Å²) in [6.45, 7) is 0.00894. The lowest BCUT2D eigenvalue weighted by molar-refractivity contribution is -0.114. The molecule has 2 heterocycles. The molecule has 1 amide bonds. The van der Waals surface area contributed by atoms with Crippen LogP contribution >= 0.6 is 0 Å². The van der Waals surface area contributed by atoms with Crippen LogP contribution in [0.3, 0.4) is 0 Å². The van der Waals surface area contributed by atoms with E-state index < -0.39 is 17.5 Å². The highest BCUT2D eigenvalue weighted by molar-refractivity contribution is 6.52. The van der Waals surface area contributed by atoms with E-state index in [-0.39, 0.29) is 17.8 Å². The molecule has 2 aromatic rings. The van der Waals surface area contributed by atoms with Crippen LogP contribution in [0.5, 0.6) is 0 Å². The minimum atomic E-state index is -0.747. The molecule has 0 unspecified atom stereocenters. The van der Waals surface area contributed by atoms with Gasteiger partial charge >= 0.3 is 0 Å². The molecule has 0 spiro atoms. The zero-order valence-corrected chi connectivity index (χ0v) is 10.00. The van der Waals surface area contributed by atoms with E-state index in [9.17, 15) is 14.0 Å². The minimum Gasteiger partial charge on any atom is -0.294 e. The lowest BCUT2D eigenvalue weighted by Gasteiger charge is -2.16. The number of amides is 1. The van der Waals surface area contributed by atoms with E-state index in [1.165, 1.54) is 29.2 Å². The molecule has 0 bridgehead atoms. The van der Waals surface area contributed by atoms with Crippen molar-refractivity contribution in [2.24, 2.45) is 7.05 Å². The van der Waals surface area contributed by atoms with Crippen LogP contribution in [0.1, 0.15) is 16.2 Å². The number of para-hydroxylation sites is 1. The maximum atomic E-state index is 13.8. The second kappa shape index (κ2) is 3.98. The number of rotatable bonds is 2. The van der Waals surface area contributed by atoms with Gasteiger partial charge in [-0.25, -0.2) is 9.37 Å². The van der Waals surface area contributed by atoms with Crippen molar-refractivity contribution < 1.29 is 14.0 Å². The van der Waals surface area contributed by atoms with Crippen molar-refractivity contribution in [2.75, 3.05) is 4.90 Å². The summed E-state index contributed by atoms with van der Waals surface area (Å²) in [5.41, 5.74) is 0.104. The fourth-order valence-electron chi connectivity index (χ4n) is 2.07. The first-order valence-electron chi connectivity index (χ1n) is 5.57. The Morgan fingerprint density at radius 1 is 1.32 bits per heavy atom. The standard InChI is InChI=1S/C12H9FN4O2/c1-16-9(14-6-15-16)5-17-10-7(11(18)12(17)19)3-2-4-8(10)13/h2-4,6H,5H2,1H3. The quantitative estimate of drug-likeness (QED) is 0.745. The third kappa shape index (κ3) is 1.62. The van der Waals surface area contributed by atoms with Crippen molar-refractivity contribution in [3.8, 4) is 0 Å². The molecule has 0 N–H and O–H groups in total. The monoisotopic (exact) mass is 260 g/mol. The third-order valence-corrected chi connectivity index (χ3v) is 3.05. The Morgan fingerprint density at radius 2 is 2.11 bits per heavy atom. The summed E-state index contributed by atoms with van der Waals surface area (Å²) in [6, 6.07) is 4.06. The average molecular weight is 260 g/mol. The molecule has 1 aliphatic heterocycles. The number of aromatic nitrogens is 3. The van der Waals surface area contributed by atoms with E-state index in [0.29, 0.717) is 5.82 Å². The van der Waals surface area contributed by atoms with Gasteiger partial charge in [0, 0.05) is 7.05 Å². The minimum absolute atomic E-state index is 0.00894. The molecule has 6 nitrogen and oxygen atoms in total. The Labute approximate surface area is 107 Å². The Morgan fingerprint density at radius 3 is 2.79 bits per heavy atom. The van der Waals surface area contributed by atoms with E-state index >= 15 is 0 Å². The third-order valence-electron chi connectivity index (χ3n) is 3.05. The zero-order valence-electron chi connectivity index (χ0n) is 10.00. The van der Waals surface area contributed by atoms with Crippen LogP contribution < -0.4 is 4.90 Å². The summed E-state index contributed by atoms with van der Waals surface area (Å²) in [5.74, 6) is -1.57. The van der Waals surface area contributed by atoms with E-state index in [4.69, 9.17) is 0 Å². The van der Waals surface area contributed by atoms with E-state index in [0.717, 1.165) is 4.90 Å². The van der Waals surface area contributed by atoms with Crippen molar-refractivity contribution in [1.29, 1.82) is 0 Å². The summed E-state index contributed by atoms with van der Waals surface area (Å²) in [6.07, 6.45) is 1.33. The molecule has 1 aliphatic rings. The second-order valence-electron chi connectivity index (χ2n) is 4.16. The number of Topliss-reactive ketones (excluding diaryl/α,β-unsaturated/α-hetero) is 1. The highest BCUT2D eigenvalue weighted by Gasteiger charge is 2.38. The first-order valence-corrected chi connectivity index (χ1v) is 5.57. The first-order chi connectivity index (χ1) is 9.09. The highest BCUT2D eigenvalue weighted by atomic mass is 19.1. The summed E-state index contributed by atoms with van der Waals surface area (Å²) < 4.78 is 15.3. The summed E-state index contributed by atoms with van der Waals surface area (Å²) in [5, 5.41) is 3.87. The maximum absolute atomic E-state index is 13.8. The molecular formula is C12H9FN4O2. The van der Waals surface area contributed by atoms with Crippen LogP contribution in [0.4, 0.5) is 10.1 Å². The Bertz CT molecular complexity index is 695. The largest absolute Gasteiger partial charge is 0.299 e. The van der Waals surface area contributed by atoms with Crippen LogP contribution in [0, 0.1) is 5.82 Å². The second-order valence-corrected chi connectivity index (χ2v) is 4.16. The molecule has 1 aromatic carbocycles. The van der Waals surface area contributed by atoms with Crippen molar-refractivity contribution in [3.63, 3.8) is 0 Å². The smallest absolute Gasteiger partial charge is 0.294 e. The van der Waals surface area contributed by atoms with Gasteiger partial charge in [-0.05, 0) is 12.1 Å². The van der Waals surface area contributed by atoms with Gasteiger partial charge in [-0.2, -0.15) is 5.10 Å². The molecule has 0 radical (unpaired) electrons. The van der Waals surface area contributed by atoms with Crippen molar-refractivity contribution >= 4 is 17.4 Å². The van der Waals surface area contributed by atoms with Crippen LogP contribution in [-0.4, -0.2) is 26.5 Å². The summed E-state index contributed by atoms with van der Waals surface area (Å²) in [7, 11) is 1.66. The van der Waals surface area contributed by atoms with Gasteiger partial charge in [0.05, 0.1) is 17.8 Å². The predicted octanol–water partition coefficient (Wildman–Crippen LogP) is 0.684. The van der Waals surface area contributed by atoms with Crippen LogP contribution in [0.25, 0.3) is 0 Å². The Hall–Kier alpha value is -2.57. The van der Waals surface area contributed by atoms with Gasteiger partial charge in [0.2, 0.25) is 0 Å². The number of carbonyl (C=O) groups is 2. The van der Waals surface area contributed by atoms with Gasteiger partial charge < -0.3 is 0 Å². The molecular weight excluding hydrogens is 251 g/mol. The van der Waals surface area contributed by atoms with Gasteiger partial charge in [0.1, 0.15) is 18.0 Å². The maximum Gasteiger partial charge on any atom is 0.299 e. The molecule has 3 rings (SSSR count). The van der Waals surface area contributed by atoms with Crippen molar-refractivity contribution in [2.45, 2.75) is 6.54 Å². The van der Waals surface area contributed by atoms with Crippen LogP contribution in [0.15, 0.2) is 24.5 Å². The normalized spacial score (nSPS) is 14.1. The van der Waals surface area contributed by atoms with Crippen LogP contribution in [0.2, 0.25) is 0 Å². The van der Waals surface area contributed by atoms with Gasteiger partial charge in [-0.15, -0.1) is 0 Å². The Balaban J connectivity index is 2.07. The fourth-order valence-corrected chi connectivity index (χ4v) is 2.07. The number of benzene rings is 1. The lowest BCUT2D eigenvalue weighted by Crippen LogP contribution is -2.30. The molecule has 19 heavy (non-hydrogen) atoms. The van der Waals surface area contributed by atoms with Gasteiger partial charge in [-0.1, -0.05) is 6.07 Å². The van der Waals surface area contributed by atoms with Crippen LogP contribution in [-0.2, 0) is 18.4 Å². The SMILES string of the molecule is Cn1ncnc1CN1C(=O)C(=O)c2cccc(F)c21. The van der Waals surface area contributed by atoms with Crippen molar-refractivity contribution in [3.05, 3.63) is 41.7 Å². The molecule has 7 heteroatoms. The number of hydrogen-bond donors (Lipinski definition) is 0. The molecule has 0 fully saturated rings. The molecule has 0 saturated heterocycles. The number of anilines is 1. The number of ketones is 1. The predicted molar refractivity (Wildman–Crippen MR) is 62.9 cm³/mol. The number of aryl methyl sites for hydroxylation is 1. The molecule has 0 atom stereocenters. The number of halogens is 1. The summed E-state index contributed by atoms with van der Waals surface area (Å²) >= 11 is 0.